The number of para-hydroxylation sites is 2. The highest BCUT2D eigenvalue weighted by Crippen LogP contribution is 2.48. The van der Waals surface area contributed by atoms with Gasteiger partial charge in [-0.3, -0.25) is 0 Å². The van der Waals surface area contributed by atoms with E-state index in [0.717, 1.165) is 22.5 Å². The van der Waals surface area contributed by atoms with Crippen LogP contribution in [0.3, 0.4) is 0 Å². The number of rotatable bonds is 2. The second kappa shape index (κ2) is 7.47. The zero-order chi connectivity index (χ0) is 23.6. The average Bonchev–Trinajstić information content (AvgIpc) is 3.44. The van der Waals surface area contributed by atoms with E-state index in [1.54, 1.807) is 0 Å². The van der Waals surface area contributed by atoms with E-state index < -0.39 is 0 Å². The van der Waals surface area contributed by atoms with Crippen molar-refractivity contribution in [3.8, 4) is 17.5 Å². The fourth-order valence-corrected chi connectivity index (χ4v) is 6.30. The highest BCUT2D eigenvalue weighted by molar-refractivity contribution is 6.08. The molecular weight excluding hydrogens is 438 g/mol. The molecule has 36 heavy (non-hydrogen) atoms. The van der Waals surface area contributed by atoms with E-state index in [1.165, 1.54) is 22.2 Å². The molecule has 0 saturated carbocycles. The van der Waals surface area contributed by atoms with Crippen molar-refractivity contribution in [3.63, 3.8) is 0 Å². The summed E-state index contributed by atoms with van der Waals surface area (Å²) >= 11 is 0. The number of benzene rings is 2. The number of allylic oxidation sites excluding steroid dienone is 8. The Morgan fingerprint density at radius 2 is 1.64 bits per heavy atom. The SMILES string of the molecule is C1#CC2c3cc4c(nc3N(C3=CC=CC5C=CC=CC35)C2C=C1)c1ccccc1n4-c1ccccc1. The van der Waals surface area contributed by atoms with Crippen LogP contribution in [0.5, 0.6) is 0 Å². The van der Waals surface area contributed by atoms with E-state index in [2.05, 4.69) is 131 Å². The molecular formula is C33H23N3. The van der Waals surface area contributed by atoms with Gasteiger partial charge in [-0.25, -0.2) is 4.98 Å². The van der Waals surface area contributed by atoms with Crippen molar-refractivity contribution in [1.82, 2.24) is 9.55 Å². The molecule has 4 atom stereocenters. The Balaban J connectivity index is 1.41. The van der Waals surface area contributed by atoms with Gasteiger partial charge in [-0.05, 0) is 36.4 Å². The molecule has 2 aromatic heterocycles. The topological polar surface area (TPSA) is 21.1 Å². The maximum absolute atomic E-state index is 5.44. The van der Waals surface area contributed by atoms with Gasteiger partial charge in [0.2, 0.25) is 0 Å². The molecule has 4 aromatic rings. The summed E-state index contributed by atoms with van der Waals surface area (Å²) in [4.78, 5) is 7.91. The second-order valence-corrected chi connectivity index (χ2v) is 9.79. The molecule has 1 aliphatic heterocycles. The average molecular weight is 462 g/mol. The minimum absolute atomic E-state index is 0.0949. The molecule has 0 radical (unpaired) electrons. The number of fused-ring (bicyclic) bond motifs is 7. The first-order valence-corrected chi connectivity index (χ1v) is 12.6. The standard InChI is InChI=1S/C33H23N3/c1-2-13-23(14-3-1)35-30-19-9-7-17-26(30)32-31(35)21-27-25-16-6-8-18-29(25)36(33(27)34-32)28-20-10-12-22-11-4-5-15-24(22)28/h1-5,7-15,17-22,24-25,29H. The van der Waals surface area contributed by atoms with Gasteiger partial charge in [-0.15, -0.1) is 0 Å². The summed E-state index contributed by atoms with van der Waals surface area (Å²) in [5.41, 5.74) is 7.00. The van der Waals surface area contributed by atoms with Crippen LogP contribution in [0.15, 0.2) is 121 Å². The van der Waals surface area contributed by atoms with E-state index >= 15 is 0 Å². The van der Waals surface area contributed by atoms with Gasteiger partial charge < -0.3 is 9.47 Å². The van der Waals surface area contributed by atoms with Crippen LogP contribution >= 0.6 is 0 Å². The molecule has 8 rings (SSSR count). The Bertz CT molecular complexity index is 1770. The quantitative estimate of drug-likeness (QED) is 0.305. The molecule has 0 saturated heterocycles. The largest absolute Gasteiger partial charge is 0.321 e. The number of anilines is 1. The third-order valence-electron chi connectivity index (χ3n) is 7.88. The fraction of sp³-hybridized carbons (Fsp3) is 0.121. The molecule has 2 aromatic carbocycles. The monoisotopic (exact) mass is 461 g/mol. The summed E-state index contributed by atoms with van der Waals surface area (Å²) < 4.78 is 2.34. The molecule has 3 heteroatoms. The van der Waals surface area contributed by atoms with Crippen LogP contribution in [0.1, 0.15) is 11.5 Å². The van der Waals surface area contributed by atoms with Crippen LogP contribution in [0, 0.1) is 23.7 Å². The van der Waals surface area contributed by atoms with Gasteiger partial charge in [0.15, 0.2) is 0 Å². The van der Waals surface area contributed by atoms with Crippen LogP contribution in [0.2, 0.25) is 0 Å². The lowest BCUT2D eigenvalue weighted by atomic mass is 9.81. The number of pyridine rings is 1. The maximum atomic E-state index is 5.44. The first kappa shape index (κ1) is 19.7. The number of aromatic nitrogens is 2. The lowest BCUT2D eigenvalue weighted by Gasteiger charge is -2.36. The fourth-order valence-electron chi connectivity index (χ4n) is 6.30. The predicted octanol–water partition coefficient (Wildman–Crippen LogP) is 6.84. The highest BCUT2D eigenvalue weighted by atomic mass is 15.3. The number of hydrogen-bond donors (Lipinski definition) is 0. The van der Waals surface area contributed by atoms with Crippen LogP contribution in [0.25, 0.3) is 27.6 Å². The lowest BCUT2D eigenvalue weighted by Crippen LogP contribution is -2.37. The molecule has 0 bridgehead atoms. The molecule has 3 nitrogen and oxygen atoms in total. The van der Waals surface area contributed by atoms with Crippen LogP contribution < -0.4 is 4.90 Å². The Hall–Kier alpha value is -4.55. The van der Waals surface area contributed by atoms with Gasteiger partial charge >= 0.3 is 0 Å². The van der Waals surface area contributed by atoms with Crippen LogP contribution in [-0.4, -0.2) is 15.6 Å². The van der Waals surface area contributed by atoms with Gasteiger partial charge in [0.1, 0.15) is 5.82 Å². The van der Waals surface area contributed by atoms with E-state index in [1.807, 2.05) is 6.08 Å². The summed E-state index contributed by atoms with van der Waals surface area (Å²) in [7, 11) is 0. The third kappa shape index (κ3) is 2.67. The van der Waals surface area contributed by atoms with Gasteiger partial charge in [0.25, 0.3) is 0 Å². The minimum atomic E-state index is 0.0949. The van der Waals surface area contributed by atoms with Gasteiger partial charge in [0.05, 0.1) is 28.5 Å². The normalized spacial score (nSPS) is 24.9. The van der Waals surface area contributed by atoms with E-state index in [0.29, 0.717) is 11.8 Å². The number of hydrogen-bond acceptors (Lipinski definition) is 2. The molecule has 0 fully saturated rings. The molecule has 3 heterocycles. The molecule has 4 aliphatic rings. The first-order chi connectivity index (χ1) is 17.9. The van der Waals surface area contributed by atoms with Crippen molar-refractivity contribution >= 4 is 27.8 Å². The summed E-state index contributed by atoms with van der Waals surface area (Å²) in [6, 6.07) is 21.7. The van der Waals surface area contributed by atoms with Gasteiger partial charge in [-0.2, -0.15) is 0 Å². The zero-order valence-corrected chi connectivity index (χ0v) is 19.6. The molecule has 0 amide bonds. The highest BCUT2D eigenvalue weighted by Gasteiger charge is 2.43. The van der Waals surface area contributed by atoms with E-state index in [-0.39, 0.29) is 12.0 Å². The molecule has 0 N–H and O–H groups in total. The van der Waals surface area contributed by atoms with Crippen molar-refractivity contribution in [2.24, 2.45) is 11.8 Å². The first-order valence-electron chi connectivity index (χ1n) is 12.6. The minimum Gasteiger partial charge on any atom is -0.321 e. The van der Waals surface area contributed by atoms with E-state index in [4.69, 9.17) is 4.98 Å². The Labute approximate surface area is 210 Å². The molecule has 3 aliphatic carbocycles. The van der Waals surface area contributed by atoms with Gasteiger partial charge in [0, 0.05) is 34.2 Å². The third-order valence-corrected chi connectivity index (χ3v) is 7.88. The van der Waals surface area contributed by atoms with Crippen molar-refractivity contribution in [2.45, 2.75) is 12.0 Å². The smallest absolute Gasteiger partial charge is 0.138 e. The summed E-state index contributed by atoms with van der Waals surface area (Å²) in [5, 5.41) is 1.17. The van der Waals surface area contributed by atoms with Crippen molar-refractivity contribution in [1.29, 1.82) is 0 Å². The number of nitrogens with zero attached hydrogens (tertiary/aromatic N) is 3. The van der Waals surface area contributed by atoms with Crippen molar-refractivity contribution in [3.05, 3.63) is 127 Å². The predicted molar refractivity (Wildman–Crippen MR) is 147 cm³/mol. The summed E-state index contributed by atoms with van der Waals surface area (Å²) in [6.45, 7) is 0. The Morgan fingerprint density at radius 3 is 2.58 bits per heavy atom. The van der Waals surface area contributed by atoms with E-state index in [9.17, 15) is 0 Å². The Morgan fingerprint density at radius 1 is 0.806 bits per heavy atom. The van der Waals surface area contributed by atoms with Crippen LogP contribution in [-0.2, 0) is 0 Å². The molecule has 4 unspecified atom stereocenters. The summed E-state index contributed by atoms with van der Waals surface area (Å²) in [6.07, 6.45) is 20.0. The zero-order valence-electron chi connectivity index (χ0n) is 19.6. The van der Waals surface area contributed by atoms with Crippen molar-refractivity contribution < 1.29 is 0 Å². The molecule has 0 spiro atoms. The van der Waals surface area contributed by atoms with Gasteiger partial charge in [-0.1, -0.05) is 90.8 Å². The lowest BCUT2D eigenvalue weighted by molar-refractivity contribution is 0.579. The maximum Gasteiger partial charge on any atom is 0.138 e. The summed E-state index contributed by atoms with van der Waals surface area (Å²) in [5.74, 6) is 8.59. The second-order valence-electron chi connectivity index (χ2n) is 9.79. The van der Waals surface area contributed by atoms with Crippen molar-refractivity contribution in [2.75, 3.05) is 4.90 Å². The molecule has 170 valence electrons. The van der Waals surface area contributed by atoms with Crippen LogP contribution in [0.4, 0.5) is 5.82 Å². The Kier molecular flexibility index (Phi) is 4.09.